The van der Waals surface area contributed by atoms with Gasteiger partial charge in [0.25, 0.3) is 5.91 Å². The summed E-state index contributed by atoms with van der Waals surface area (Å²) in [6.45, 7) is 1.51. The zero-order valence-electron chi connectivity index (χ0n) is 26.3. The van der Waals surface area contributed by atoms with Crippen molar-refractivity contribution in [3.8, 4) is 29.6 Å². The fourth-order valence-electron chi connectivity index (χ4n) is 6.05. The monoisotopic (exact) mass is 681 g/mol. The molecule has 2 aromatic carbocycles. The lowest BCUT2D eigenvalue weighted by atomic mass is 9.80. The van der Waals surface area contributed by atoms with Gasteiger partial charge in [0.1, 0.15) is 29.5 Å². The fraction of sp³-hybridized carbons (Fsp3) is 0.286. The van der Waals surface area contributed by atoms with E-state index in [0.29, 0.717) is 59.5 Å². The fourth-order valence-corrected chi connectivity index (χ4v) is 6.60. The van der Waals surface area contributed by atoms with Crippen LogP contribution in [0.5, 0.6) is 17.2 Å². The van der Waals surface area contributed by atoms with Gasteiger partial charge in [-0.25, -0.2) is 14.4 Å². The van der Waals surface area contributed by atoms with E-state index in [2.05, 4.69) is 42.0 Å². The van der Waals surface area contributed by atoms with E-state index in [1.807, 2.05) is 6.07 Å². The number of terminal acetylenes is 1. The van der Waals surface area contributed by atoms with Gasteiger partial charge in [-0.3, -0.25) is 20.0 Å². The van der Waals surface area contributed by atoms with Crippen LogP contribution in [0.3, 0.4) is 0 Å². The molecule has 49 heavy (non-hydrogen) atoms. The first kappa shape index (κ1) is 32.2. The number of thiazole rings is 1. The Bertz CT molecular complexity index is 2040. The number of carbonyl (C=O) groups is 2. The molecule has 12 nitrogen and oxygen atoms in total. The minimum atomic E-state index is -1.16. The summed E-state index contributed by atoms with van der Waals surface area (Å²) in [5.41, 5.74) is 0.633. The van der Waals surface area contributed by atoms with Crippen molar-refractivity contribution in [1.29, 1.82) is 0 Å². The van der Waals surface area contributed by atoms with Gasteiger partial charge in [0, 0.05) is 37.0 Å². The molecule has 5 aromatic rings. The van der Waals surface area contributed by atoms with Gasteiger partial charge >= 0.3 is 0 Å². The second-order valence-corrected chi connectivity index (χ2v) is 12.6. The van der Waals surface area contributed by atoms with Crippen molar-refractivity contribution < 1.29 is 28.2 Å². The number of hydrogen-bond acceptors (Lipinski definition) is 10. The molecule has 7 rings (SSSR count). The maximum absolute atomic E-state index is 15.5. The molecule has 3 aromatic heterocycles. The first-order valence-electron chi connectivity index (χ1n) is 15.8. The summed E-state index contributed by atoms with van der Waals surface area (Å²) >= 11 is 1.31. The number of hydrogen-bond donors (Lipinski definition) is 4. The van der Waals surface area contributed by atoms with Crippen LogP contribution in [0.1, 0.15) is 47.2 Å². The van der Waals surface area contributed by atoms with E-state index >= 15 is 4.39 Å². The lowest BCUT2D eigenvalue weighted by molar-refractivity contribution is -0.117. The number of aromatic nitrogens is 4. The quantitative estimate of drug-likeness (QED) is 0.139. The molecule has 0 radical (unpaired) electrons. The Morgan fingerprint density at radius 3 is 2.86 bits per heavy atom. The molecule has 1 fully saturated rings. The molecule has 0 bridgehead atoms. The molecule has 0 spiro atoms. The zero-order chi connectivity index (χ0) is 33.8. The minimum absolute atomic E-state index is 0.0637. The standard InChI is InChI=1S/C35H32FN7O5S/c1-2-35(19-30(44)40-34-38-13-15-49-34)26-18-29(28(16-21(26)10-12-39-35)47-20-23-6-3-4-14-46-23)48-22-8-9-24(27(36)17-22)33(45)41-32-25-7-5-11-37-31(25)42-43-32/h1,5,7-9,11,13,15-18,23,39H,3-4,6,10,12,14,19-20H2,(H,38,40,44)(H2,37,41,42,43,45)/t23?,35-/m1/s1. The highest BCUT2D eigenvalue weighted by molar-refractivity contribution is 7.13. The molecule has 250 valence electrons. The van der Waals surface area contributed by atoms with Gasteiger partial charge in [0.2, 0.25) is 5.91 Å². The second-order valence-electron chi connectivity index (χ2n) is 11.7. The van der Waals surface area contributed by atoms with Gasteiger partial charge in [-0.15, -0.1) is 17.8 Å². The van der Waals surface area contributed by atoms with E-state index < -0.39 is 17.3 Å². The third-order valence-electron chi connectivity index (χ3n) is 8.48. The van der Waals surface area contributed by atoms with Crippen molar-refractivity contribution in [2.24, 2.45) is 0 Å². The molecule has 0 saturated carbocycles. The number of anilines is 2. The Morgan fingerprint density at radius 1 is 1.14 bits per heavy atom. The molecule has 0 aliphatic carbocycles. The van der Waals surface area contributed by atoms with Crippen molar-refractivity contribution in [1.82, 2.24) is 25.5 Å². The van der Waals surface area contributed by atoms with E-state index in [9.17, 15) is 9.59 Å². The van der Waals surface area contributed by atoms with Gasteiger partial charge in [0.05, 0.1) is 23.5 Å². The highest BCUT2D eigenvalue weighted by Crippen LogP contribution is 2.41. The summed E-state index contributed by atoms with van der Waals surface area (Å²) in [6.07, 6.45) is 12.7. The SMILES string of the molecule is C#C[C@]1(CC(=O)Nc2nccs2)NCCc2cc(OCC3CCCCO3)c(Oc3ccc(C(=O)Nc4[nH]nc5ncccc45)c(F)c3)cc21. The molecule has 2 aliphatic heterocycles. The molecule has 1 saturated heterocycles. The Balaban J connectivity index is 1.17. The maximum Gasteiger partial charge on any atom is 0.259 e. The Morgan fingerprint density at radius 2 is 2.06 bits per heavy atom. The molecule has 2 atom stereocenters. The highest BCUT2D eigenvalue weighted by Gasteiger charge is 2.38. The Kier molecular flexibility index (Phi) is 9.21. The summed E-state index contributed by atoms with van der Waals surface area (Å²) in [7, 11) is 0. The Hall–Kier alpha value is -5.36. The number of aromatic amines is 1. The van der Waals surface area contributed by atoms with Crippen LogP contribution >= 0.6 is 11.3 Å². The van der Waals surface area contributed by atoms with Gasteiger partial charge in [-0.2, -0.15) is 5.10 Å². The van der Waals surface area contributed by atoms with E-state index in [0.717, 1.165) is 30.9 Å². The van der Waals surface area contributed by atoms with Crippen molar-refractivity contribution in [2.75, 3.05) is 30.4 Å². The van der Waals surface area contributed by atoms with Gasteiger partial charge in [-0.05, 0) is 73.2 Å². The van der Waals surface area contributed by atoms with Crippen molar-refractivity contribution in [3.63, 3.8) is 0 Å². The van der Waals surface area contributed by atoms with Crippen LogP contribution in [0.25, 0.3) is 11.0 Å². The van der Waals surface area contributed by atoms with Gasteiger partial charge < -0.3 is 24.8 Å². The number of benzene rings is 2. The summed E-state index contributed by atoms with van der Waals surface area (Å²) in [6, 6.07) is 11.0. The van der Waals surface area contributed by atoms with Crippen LogP contribution in [0.2, 0.25) is 0 Å². The average Bonchev–Trinajstić information content (AvgIpc) is 3.78. The molecular formula is C35H32FN7O5S. The maximum atomic E-state index is 15.5. The third kappa shape index (κ3) is 6.95. The van der Waals surface area contributed by atoms with Crippen LogP contribution in [-0.2, 0) is 21.5 Å². The van der Waals surface area contributed by atoms with Crippen LogP contribution in [0.4, 0.5) is 15.3 Å². The van der Waals surface area contributed by atoms with Crippen molar-refractivity contribution in [3.05, 3.63) is 82.7 Å². The molecule has 5 heterocycles. The van der Waals surface area contributed by atoms with Crippen molar-refractivity contribution in [2.45, 2.75) is 43.7 Å². The lowest BCUT2D eigenvalue weighted by Gasteiger charge is -2.36. The average molecular weight is 682 g/mol. The van der Waals surface area contributed by atoms with E-state index in [4.69, 9.17) is 20.6 Å². The van der Waals surface area contributed by atoms with Crippen LogP contribution in [-0.4, -0.2) is 57.8 Å². The predicted octanol–water partition coefficient (Wildman–Crippen LogP) is 5.55. The molecule has 2 amide bonds. The van der Waals surface area contributed by atoms with E-state index in [-0.39, 0.29) is 35.5 Å². The third-order valence-corrected chi connectivity index (χ3v) is 9.17. The number of nitrogens with zero attached hydrogens (tertiary/aromatic N) is 3. The number of H-pyrrole nitrogens is 1. The lowest BCUT2D eigenvalue weighted by Crippen LogP contribution is -2.48. The number of amides is 2. The number of nitrogens with one attached hydrogen (secondary N) is 4. The van der Waals surface area contributed by atoms with Gasteiger partial charge in [-0.1, -0.05) is 5.92 Å². The van der Waals surface area contributed by atoms with Crippen LogP contribution < -0.4 is 25.4 Å². The van der Waals surface area contributed by atoms with Crippen molar-refractivity contribution >= 4 is 45.1 Å². The number of halogens is 1. The molecule has 1 unspecified atom stereocenters. The summed E-state index contributed by atoms with van der Waals surface area (Å²) < 4.78 is 33.9. The molecule has 14 heteroatoms. The first-order valence-corrected chi connectivity index (χ1v) is 16.7. The van der Waals surface area contributed by atoms with Crippen LogP contribution in [0, 0.1) is 18.2 Å². The highest BCUT2D eigenvalue weighted by atomic mass is 32.1. The van der Waals surface area contributed by atoms with E-state index in [1.54, 1.807) is 36.0 Å². The number of ether oxygens (including phenoxy) is 3. The second kappa shape index (κ2) is 14.0. The van der Waals surface area contributed by atoms with Gasteiger partial charge in [0.15, 0.2) is 22.3 Å². The predicted molar refractivity (Wildman–Crippen MR) is 181 cm³/mol. The van der Waals surface area contributed by atoms with Crippen LogP contribution in [0.15, 0.2) is 60.2 Å². The minimum Gasteiger partial charge on any atom is -0.487 e. The number of rotatable bonds is 10. The summed E-state index contributed by atoms with van der Waals surface area (Å²) in [4.78, 5) is 34.4. The summed E-state index contributed by atoms with van der Waals surface area (Å²) in [5.74, 6) is 2.16. The summed E-state index contributed by atoms with van der Waals surface area (Å²) in [5, 5.41) is 18.4. The number of carbonyl (C=O) groups excluding carboxylic acids is 2. The molecular weight excluding hydrogens is 649 g/mol. The zero-order valence-corrected chi connectivity index (χ0v) is 27.1. The number of pyridine rings is 1. The van der Waals surface area contributed by atoms with E-state index in [1.165, 1.54) is 23.5 Å². The normalized spacial score (nSPS) is 18.7. The smallest absolute Gasteiger partial charge is 0.259 e. The topological polar surface area (TPSA) is 152 Å². The Labute approximate surface area is 284 Å². The molecule has 4 N–H and O–H groups in total. The largest absolute Gasteiger partial charge is 0.487 e. The first-order chi connectivity index (χ1) is 23.9. The molecule has 2 aliphatic rings. The number of fused-ring (bicyclic) bond motifs is 2.